The summed E-state index contributed by atoms with van der Waals surface area (Å²) in [6.07, 6.45) is 92.4. The van der Waals surface area contributed by atoms with Crippen LogP contribution in [0.25, 0.3) is 0 Å². The fraction of sp³-hybridized carbons (Fsp3) is 0.955. The number of nitrogens with zero attached hydrogens (tertiary/aromatic N) is 4. The predicted octanol–water partition coefficient (Wildman–Crippen LogP) is 34.6. The molecule has 0 radical (unpaired) electrons. The molecule has 4 aliphatic heterocycles. The first-order valence-corrected chi connectivity index (χ1v) is 54.7. The van der Waals surface area contributed by atoms with E-state index in [1.54, 1.807) is 263 Å². The van der Waals surface area contributed by atoms with E-state index in [0.717, 1.165) is 65.1 Å². The van der Waals surface area contributed by atoms with Crippen molar-refractivity contribution in [3.05, 3.63) is 29.9 Å². The van der Waals surface area contributed by atoms with E-state index in [2.05, 4.69) is 21.8 Å². The van der Waals surface area contributed by atoms with Crippen LogP contribution in [-0.2, 0) is 7.05 Å². The van der Waals surface area contributed by atoms with Gasteiger partial charge in [0.15, 0.2) is 0 Å². The van der Waals surface area contributed by atoms with Crippen molar-refractivity contribution in [2.24, 2.45) is 155 Å². The van der Waals surface area contributed by atoms with E-state index in [-0.39, 0.29) is 0 Å². The van der Waals surface area contributed by atoms with Gasteiger partial charge in [-0.1, -0.05) is 296 Å². The summed E-state index contributed by atoms with van der Waals surface area (Å²) in [7, 11) is 4.15. The molecule has 2 unspecified atom stereocenters. The Kier molecular flexibility index (Phi) is 53.3. The topological polar surface area (TPSA) is 24.3 Å². The van der Waals surface area contributed by atoms with Gasteiger partial charge in [-0.15, -0.1) is 0 Å². The minimum Gasteiger partial charge on any atom is -0.341 e. The van der Waals surface area contributed by atoms with E-state index in [1.807, 2.05) is 154 Å². The molecule has 0 N–H and O–H groups in total. The SMILES string of the molecule is C1C2CC3C1C3C2.C1C2CC3CC1CC(C2)C3.C1C2CC3CC1CN(C2)C3.C1CC2CC(C1)C2.C1CC2CC3CC1CC(C2)C3.C1CC2CCC1C2.C1CC2CCCC(C1)C2.C1CC2CCCC(C1)C2.C1CCC2=C(C1)CC1CCCC2C1.CC.CC.CC.CC.CC.CC.CC.CC.CC.CN1CCCCCC1.Cn1ccnc1. The van der Waals surface area contributed by atoms with Crippen LogP contribution in [0.1, 0.15) is 484 Å². The average molecular weight is 1600 g/mol. The molecular weight excluding hydrogens is 1390 g/mol. The molecule has 2 atom stereocenters. The van der Waals surface area contributed by atoms with Crippen molar-refractivity contribution in [2.75, 3.05) is 39.8 Å². The van der Waals surface area contributed by atoms with E-state index in [0.29, 0.717) is 0 Å². The van der Waals surface area contributed by atoms with Crippen LogP contribution in [0.3, 0.4) is 0 Å². The summed E-state index contributed by atoms with van der Waals surface area (Å²) in [5.74, 6) is 29.1. The third-order valence-electron chi connectivity index (χ3n) is 33.5. The van der Waals surface area contributed by atoms with Gasteiger partial charge in [0, 0.05) is 39.1 Å². The van der Waals surface area contributed by atoms with Crippen molar-refractivity contribution < 1.29 is 0 Å². The number of allylic oxidation sites excluding steroid dienone is 2. The predicted molar refractivity (Wildman–Crippen MR) is 512 cm³/mol. The van der Waals surface area contributed by atoms with Gasteiger partial charge in [0.2, 0.25) is 0 Å². The molecule has 1 aromatic rings. The lowest BCUT2D eigenvalue weighted by Gasteiger charge is -2.51. The molecule has 30 rings (SSSR count). The number of imidazole rings is 1. The van der Waals surface area contributed by atoms with Gasteiger partial charge in [0.25, 0.3) is 0 Å². The van der Waals surface area contributed by atoms with Crippen LogP contribution in [0.4, 0.5) is 0 Å². The van der Waals surface area contributed by atoms with Crippen molar-refractivity contribution in [3.63, 3.8) is 0 Å². The molecule has 4 heteroatoms. The Balaban J connectivity index is 0.000000194. The minimum absolute atomic E-state index is 1.04. The van der Waals surface area contributed by atoms with Crippen LogP contribution in [0.5, 0.6) is 0 Å². The standard InChI is InChI=1S/C13H20.C11H18.C10H16.C9H15N.2C9H16.C7H15N.C7H10.2C7H12.C4H6N2.9C2H6/c1-2-7-13-11(5-1)8-10-4-3-6-12(13)9-10;1-2-9-5-10-3-8(1)4-11(6-9)7-10;1-7-2-9-4-8(1)5-10(3-7)6-9;1-7-2-9-3-8(1)5-10(4-7)6-9;2*1-3-8-5-2-6-9(4-1)7-8;1-8-6-4-2-3-5-7-8;1-4-2-6-5(1)7(6)3-4;1-2-7-4-3-6(1)5-7;1-2-6-4-7(3-1)5-6;1-6-3-2-5-4-6;9*1-2/h10,12H,1-9H2;8-11H,1-7H2;7-10H,1-6H2;7-9H,1-6H2;2*8-9H,1-7H2;2-7H2,1H3;4-7H,1-3H2;2*6-7H,1-5H2;2-4H,1H3;9*1-2H3. The number of aryl methyl sites for hydroxylation is 1. The molecular formula is C111H210N4. The van der Waals surface area contributed by atoms with Gasteiger partial charge in [0.05, 0.1) is 6.33 Å². The van der Waals surface area contributed by atoms with Crippen molar-refractivity contribution in [1.29, 1.82) is 0 Å². The molecule has 27 fully saturated rings. The van der Waals surface area contributed by atoms with Crippen LogP contribution in [-0.4, -0.2) is 59.1 Å². The zero-order valence-corrected chi connectivity index (χ0v) is 82.1. The summed E-state index contributed by atoms with van der Waals surface area (Å²) in [5.41, 5.74) is 3.84. The summed E-state index contributed by atoms with van der Waals surface area (Å²) in [6.45, 7) is 43.0. The first kappa shape index (κ1) is 103. The van der Waals surface area contributed by atoms with Crippen LogP contribution in [0, 0.1) is 148 Å². The van der Waals surface area contributed by atoms with E-state index in [9.17, 15) is 0 Å². The second-order valence-corrected chi connectivity index (χ2v) is 41.3. The number of likely N-dealkylation sites (tertiary alicyclic amines) is 1. The quantitative estimate of drug-likeness (QED) is 0.242. The van der Waals surface area contributed by atoms with Crippen LogP contribution >= 0.6 is 0 Å². The first-order valence-electron chi connectivity index (χ1n) is 54.7. The molecule has 29 aliphatic rings. The lowest BCUT2D eigenvalue weighted by atomic mass is 9.56. The van der Waals surface area contributed by atoms with Crippen molar-refractivity contribution >= 4 is 0 Å². The van der Waals surface area contributed by atoms with Crippen molar-refractivity contribution in [2.45, 2.75) is 484 Å². The molecule has 4 saturated heterocycles. The third kappa shape index (κ3) is 35.1. The number of hydrogen-bond acceptors (Lipinski definition) is 3. The number of fused-ring (bicyclic) bond motifs is 12. The number of aromatic nitrogens is 2. The van der Waals surface area contributed by atoms with E-state index >= 15 is 0 Å². The Morgan fingerprint density at radius 2 is 0.513 bits per heavy atom. The molecule has 23 saturated carbocycles. The van der Waals surface area contributed by atoms with Gasteiger partial charge in [-0.2, -0.15) is 0 Å². The van der Waals surface area contributed by atoms with Gasteiger partial charge >= 0.3 is 0 Å². The van der Waals surface area contributed by atoms with Crippen LogP contribution in [0.15, 0.2) is 29.9 Å². The van der Waals surface area contributed by atoms with Gasteiger partial charge in [-0.3, -0.25) is 0 Å². The molecule has 25 aliphatic carbocycles. The highest BCUT2D eigenvalue weighted by Crippen LogP contribution is 2.70. The highest BCUT2D eigenvalue weighted by Gasteiger charge is 2.62. The summed E-state index contributed by atoms with van der Waals surface area (Å²) in [4.78, 5) is 8.90. The summed E-state index contributed by atoms with van der Waals surface area (Å²) in [5, 5.41) is 0. The Bertz CT molecular complexity index is 2160. The maximum atomic E-state index is 3.78. The van der Waals surface area contributed by atoms with Crippen LogP contribution in [0.2, 0.25) is 0 Å². The molecule has 674 valence electrons. The maximum absolute atomic E-state index is 3.78. The lowest BCUT2D eigenvalue weighted by Crippen LogP contribution is -2.53. The summed E-state index contributed by atoms with van der Waals surface area (Å²) >= 11 is 0. The monoisotopic (exact) mass is 1600 g/mol. The molecule has 4 nitrogen and oxygen atoms in total. The summed E-state index contributed by atoms with van der Waals surface area (Å²) < 4.78 is 1.89. The molecule has 26 bridgehead atoms. The van der Waals surface area contributed by atoms with Crippen molar-refractivity contribution in [3.8, 4) is 0 Å². The fourth-order valence-corrected chi connectivity index (χ4v) is 29.4. The molecule has 1 aromatic heterocycles. The largest absolute Gasteiger partial charge is 0.341 e. The third-order valence-corrected chi connectivity index (χ3v) is 33.5. The van der Waals surface area contributed by atoms with E-state index in [4.69, 9.17) is 0 Å². The van der Waals surface area contributed by atoms with Gasteiger partial charge in [-0.05, 0) is 367 Å². The van der Waals surface area contributed by atoms with Gasteiger partial charge < -0.3 is 14.4 Å². The van der Waals surface area contributed by atoms with Crippen LogP contribution < -0.4 is 0 Å². The molecule has 0 aromatic carbocycles. The molecule has 5 heterocycles. The molecule has 115 heavy (non-hydrogen) atoms. The average Bonchev–Trinajstić information content (AvgIpc) is 1.55. The zero-order chi connectivity index (χ0) is 83.3. The second kappa shape index (κ2) is 59.7. The Labute approximate surface area is 723 Å². The summed E-state index contributed by atoms with van der Waals surface area (Å²) in [6, 6.07) is 0. The fourth-order valence-electron chi connectivity index (χ4n) is 29.4. The van der Waals surface area contributed by atoms with E-state index < -0.39 is 0 Å². The molecule has 0 spiro atoms. The Hall–Kier alpha value is -1.13. The lowest BCUT2D eigenvalue weighted by molar-refractivity contribution is -0.0169. The van der Waals surface area contributed by atoms with Gasteiger partial charge in [-0.25, -0.2) is 4.98 Å². The Morgan fingerprint density at radius 3 is 0.791 bits per heavy atom. The van der Waals surface area contributed by atoms with Crippen molar-refractivity contribution in [1.82, 2.24) is 19.4 Å². The van der Waals surface area contributed by atoms with Gasteiger partial charge in [0.1, 0.15) is 0 Å². The first-order chi connectivity index (χ1) is 56.7. The number of piperidine rings is 3. The second-order valence-electron chi connectivity index (χ2n) is 41.3. The molecule has 0 amide bonds. The smallest absolute Gasteiger partial charge is 0.0943 e. The Morgan fingerprint density at radius 1 is 0.243 bits per heavy atom. The zero-order valence-electron chi connectivity index (χ0n) is 82.1. The highest BCUT2D eigenvalue weighted by atomic mass is 15.2. The normalized spacial score (nSPS) is 39.2. The minimum atomic E-state index is 1.04. The highest BCUT2D eigenvalue weighted by molar-refractivity contribution is 5.24. The van der Waals surface area contributed by atoms with E-state index in [1.165, 1.54) is 225 Å². The number of rotatable bonds is 0. The maximum Gasteiger partial charge on any atom is 0.0943 e. The number of hydrogen-bond donors (Lipinski definition) is 0.